The molecule has 0 aromatic carbocycles. The van der Waals surface area contributed by atoms with Gasteiger partial charge in [-0.3, -0.25) is 9.78 Å². The molecule has 0 spiro atoms. The number of carbonyl (C=O) groups excluding carboxylic acids is 1. The van der Waals surface area contributed by atoms with E-state index in [1.807, 2.05) is 0 Å². The van der Waals surface area contributed by atoms with Crippen LogP contribution in [0.3, 0.4) is 0 Å². The van der Waals surface area contributed by atoms with Crippen LogP contribution >= 0.6 is 11.3 Å². The quantitative estimate of drug-likeness (QED) is 0.686. The highest BCUT2D eigenvalue weighted by atomic mass is 32.1. The summed E-state index contributed by atoms with van der Waals surface area (Å²) in [5.74, 6) is 0.493. The minimum absolute atomic E-state index is 0.0977. The third-order valence-corrected chi connectivity index (χ3v) is 2.33. The van der Waals surface area contributed by atoms with Crippen LogP contribution in [0, 0.1) is 0 Å². The van der Waals surface area contributed by atoms with Gasteiger partial charge in [-0.25, -0.2) is 0 Å². The first-order valence-electron chi connectivity index (χ1n) is 3.64. The molecule has 0 N–H and O–H groups in total. The van der Waals surface area contributed by atoms with Crippen LogP contribution < -0.4 is 0 Å². The lowest BCUT2D eigenvalue weighted by Crippen LogP contribution is -1.89. The molecule has 2 aromatic rings. The van der Waals surface area contributed by atoms with Crippen molar-refractivity contribution in [1.82, 2.24) is 10.1 Å². The molecule has 0 unspecified atom stereocenters. The molecule has 0 aliphatic rings. The van der Waals surface area contributed by atoms with Crippen molar-refractivity contribution < 1.29 is 9.32 Å². The average Bonchev–Trinajstić information content (AvgIpc) is 2.75. The second kappa shape index (κ2) is 3.10. The number of rotatable bonds is 2. The van der Waals surface area contributed by atoms with Crippen molar-refractivity contribution in [3.8, 4) is 10.6 Å². The van der Waals surface area contributed by atoms with Gasteiger partial charge in [-0.2, -0.15) is 0 Å². The molecule has 0 aliphatic heterocycles. The molecule has 0 saturated heterocycles. The van der Waals surface area contributed by atoms with E-state index in [0.29, 0.717) is 11.5 Å². The summed E-state index contributed by atoms with van der Waals surface area (Å²) in [4.78, 5) is 15.7. The summed E-state index contributed by atoms with van der Waals surface area (Å²) < 4.78 is 4.97. The van der Waals surface area contributed by atoms with Gasteiger partial charge >= 0.3 is 0 Å². The van der Waals surface area contributed by atoms with Gasteiger partial charge in [0.25, 0.3) is 0 Å². The number of carbonyl (C=O) groups is 1. The molecule has 2 aromatic heterocycles. The van der Waals surface area contributed by atoms with Crippen molar-refractivity contribution in [3.63, 3.8) is 0 Å². The van der Waals surface area contributed by atoms with Crippen molar-refractivity contribution in [1.29, 1.82) is 0 Å². The summed E-state index contributed by atoms with van der Waals surface area (Å²) in [5.41, 5.74) is 2.05. The van der Waals surface area contributed by atoms with Gasteiger partial charge in [-0.1, -0.05) is 5.16 Å². The van der Waals surface area contributed by atoms with E-state index in [1.165, 1.54) is 18.3 Å². The zero-order chi connectivity index (χ0) is 9.26. The maximum absolute atomic E-state index is 10.9. The molecule has 66 valence electrons. The lowest BCUT2D eigenvalue weighted by Gasteiger charge is -1.81. The van der Waals surface area contributed by atoms with Crippen LogP contribution in [-0.4, -0.2) is 15.9 Å². The molecule has 13 heavy (non-hydrogen) atoms. The van der Waals surface area contributed by atoms with Gasteiger partial charge in [0.05, 0.1) is 10.4 Å². The van der Waals surface area contributed by atoms with Crippen LogP contribution in [-0.2, 0) is 0 Å². The molecule has 4 nitrogen and oxygen atoms in total. The van der Waals surface area contributed by atoms with E-state index in [2.05, 4.69) is 10.1 Å². The molecule has 0 radical (unpaired) electrons. The molecule has 0 aliphatic carbocycles. The molecule has 0 fully saturated rings. The van der Waals surface area contributed by atoms with Crippen LogP contribution in [0.2, 0.25) is 0 Å². The van der Waals surface area contributed by atoms with Gasteiger partial charge in [0, 0.05) is 19.2 Å². The third kappa shape index (κ3) is 1.50. The molecule has 0 atom stereocenters. The Labute approximate surface area is 78.2 Å². The molecular formula is C8H6N2O2S. The number of aromatic nitrogens is 2. The van der Waals surface area contributed by atoms with Crippen LogP contribution in [0.4, 0.5) is 0 Å². The lowest BCUT2D eigenvalue weighted by atomic mass is 10.3. The molecule has 5 heteroatoms. The fourth-order valence-corrected chi connectivity index (χ4v) is 1.46. The summed E-state index contributed by atoms with van der Waals surface area (Å²) in [6, 6.07) is 1.62. The Kier molecular flexibility index (Phi) is 1.94. The zero-order valence-corrected chi connectivity index (χ0v) is 7.67. The molecule has 0 saturated carbocycles. The Morgan fingerprint density at radius 1 is 1.62 bits per heavy atom. The minimum Gasteiger partial charge on any atom is -0.355 e. The van der Waals surface area contributed by atoms with E-state index >= 15 is 0 Å². The maximum atomic E-state index is 10.9. The van der Waals surface area contributed by atoms with E-state index in [-0.39, 0.29) is 5.78 Å². The van der Waals surface area contributed by atoms with Crippen LogP contribution in [0.1, 0.15) is 17.4 Å². The minimum atomic E-state index is -0.0977. The topological polar surface area (TPSA) is 56.0 Å². The number of hydrogen-bond acceptors (Lipinski definition) is 5. The second-order valence-electron chi connectivity index (χ2n) is 2.50. The predicted molar refractivity (Wildman–Crippen MR) is 47.6 cm³/mol. The SMILES string of the molecule is CC(=O)c1cc(-c2cncs2)on1. The van der Waals surface area contributed by atoms with Gasteiger partial charge < -0.3 is 4.52 Å². The van der Waals surface area contributed by atoms with E-state index in [4.69, 9.17) is 4.52 Å². The molecule has 0 amide bonds. The zero-order valence-electron chi connectivity index (χ0n) is 6.85. The van der Waals surface area contributed by atoms with Crippen molar-refractivity contribution in [2.45, 2.75) is 6.92 Å². The highest BCUT2D eigenvalue weighted by Crippen LogP contribution is 2.23. The summed E-state index contributed by atoms with van der Waals surface area (Å²) in [7, 11) is 0. The third-order valence-electron chi connectivity index (χ3n) is 1.55. The highest BCUT2D eigenvalue weighted by molar-refractivity contribution is 7.13. The summed E-state index contributed by atoms with van der Waals surface area (Å²) in [6.45, 7) is 1.45. The first-order chi connectivity index (χ1) is 6.27. The van der Waals surface area contributed by atoms with Gasteiger partial charge in [-0.15, -0.1) is 11.3 Å². The van der Waals surface area contributed by atoms with Gasteiger partial charge in [0.15, 0.2) is 11.5 Å². The first-order valence-corrected chi connectivity index (χ1v) is 4.52. The monoisotopic (exact) mass is 194 g/mol. The maximum Gasteiger partial charge on any atom is 0.181 e. The van der Waals surface area contributed by atoms with Crippen molar-refractivity contribution in [3.05, 3.63) is 23.5 Å². The van der Waals surface area contributed by atoms with Crippen LogP contribution in [0.5, 0.6) is 0 Å². The Bertz CT molecular complexity index is 419. The van der Waals surface area contributed by atoms with Crippen molar-refractivity contribution >= 4 is 17.1 Å². The van der Waals surface area contributed by atoms with Crippen molar-refractivity contribution in [2.75, 3.05) is 0 Å². The van der Waals surface area contributed by atoms with Crippen molar-refractivity contribution in [2.24, 2.45) is 0 Å². The Balaban J connectivity index is 2.39. The fourth-order valence-electron chi connectivity index (χ4n) is 0.895. The lowest BCUT2D eigenvalue weighted by molar-refractivity contribution is 0.100. The Morgan fingerprint density at radius 3 is 3.00 bits per heavy atom. The normalized spacial score (nSPS) is 10.2. The standard InChI is InChI=1S/C8H6N2O2S/c1-5(11)6-2-7(12-10-6)8-3-9-4-13-8/h2-4H,1H3. The number of nitrogens with zero attached hydrogens (tertiary/aromatic N) is 2. The van der Waals surface area contributed by atoms with Gasteiger partial charge in [-0.05, 0) is 0 Å². The highest BCUT2D eigenvalue weighted by Gasteiger charge is 2.10. The second-order valence-corrected chi connectivity index (χ2v) is 3.38. The van der Waals surface area contributed by atoms with E-state index < -0.39 is 0 Å². The van der Waals surface area contributed by atoms with Crippen LogP contribution in [0.25, 0.3) is 10.6 Å². The van der Waals surface area contributed by atoms with E-state index in [0.717, 1.165) is 4.88 Å². The van der Waals surface area contributed by atoms with Gasteiger partial charge in [0.1, 0.15) is 5.69 Å². The Morgan fingerprint density at radius 2 is 2.46 bits per heavy atom. The number of ketones is 1. The van der Waals surface area contributed by atoms with E-state index in [9.17, 15) is 4.79 Å². The average molecular weight is 194 g/mol. The number of thiazole rings is 1. The smallest absolute Gasteiger partial charge is 0.181 e. The molecule has 2 rings (SSSR count). The number of Topliss-reactive ketones (excluding diaryl/α,β-unsaturated/α-hetero) is 1. The molecule has 2 heterocycles. The number of hydrogen-bond donors (Lipinski definition) is 0. The summed E-state index contributed by atoms with van der Waals surface area (Å²) in [5, 5.41) is 3.63. The largest absolute Gasteiger partial charge is 0.355 e. The van der Waals surface area contributed by atoms with Crippen LogP contribution in [0.15, 0.2) is 22.3 Å². The molecular weight excluding hydrogens is 188 g/mol. The summed E-state index contributed by atoms with van der Waals surface area (Å²) in [6.07, 6.45) is 1.68. The first kappa shape index (κ1) is 8.12. The predicted octanol–water partition coefficient (Wildman–Crippen LogP) is 2.00. The van der Waals surface area contributed by atoms with Gasteiger partial charge in [0.2, 0.25) is 0 Å². The summed E-state index contributed by atoms with van der Waals surface area (Å²) >= 11 is 1.44. The Hall–Kier alpha value is -1.49. The van der Waals surface area contributed by atoms with E-state index in [1.54, 1.807) is 17.8 Å². The molecule has 0 bridgehead atoms. The fraction of sp³-hybridized carbons (Fsp3) is 0.125.